The van der Waals surface area contributed by atoms with Crippen molar-refractivity contribution in [2.45, 2.75) is 12.8 Å². The molecule has 0 aromatic heterocycles. The zero-order valence-corrected chi connectivity index (χ0v) is 15.9. The van der Waals surface area contributed by atoms with Crippen molar-refractivity contribution in [3.05, 3.63) is 58.1 Å². The van der Waals surface area contributed by atoms with E-state index in [1.54, 1.807) is 18.2 Å². The highest BCUT2D eigenvalue weighted by molar-refractivity contribution is 7.92. The Hall–Kier alpha value is -3.14. The molecule has 0 radical (unpaired) electrons. The maximum atomic E-state index is 12.6. The predicted octanol–water partition coefficient (Wildman–Crippen LogP) is 2.79. The van der Waals surface area contributed by atoms with Crippen molar-refractivity contribution in [1.82, 2.24) is 0 Å². The Morgan fingerprint density at radius 1 is 1.21 bits per heavy atom. The van der Waals surface area contributed by atoms with Crippen LogP contribution >= 0.6 is 0 Å². The van der Waals surface area contributed by atoms with Crippen molar-refractivity contribution in [3.8, 4) is 5.75 Å². The molecular weight excluding hydrogens is 386 g/mol. The van der Waals surface area contributed by atoms with Gasteiger partial charge in [0.05, 0.1) is 35.2 Å². The summed E-state index contributed by atoms with van der Waals surface area (Å²) < 4.78 is 31.0. The Labute approximate surface area is 162 Å². The van der Waals surface area contributed by atoms with Gasteiger partial charge in [-0.15, -0.1) is 0 Å². The minimum atomic E-state index is -3.38. The number of benzene rings is 2. The van der Waals surface area contributed by atoms with Crippen LogP contribution in [-0.2, 0) is 10.0 Å². The second-order valence-electron chi connectivity index (χ2n) is 6.24. The summed E-state index contributed by atoms with van der Waals surface area (Å²) >= 11 is 0. The number of methoxy groups -OCH3 is 1. The lowest BCUT2D eigenvalue weighted by Gasteiger charge is -2.28. The summed E-state index contributed by atoms with van der Waals surface area (Å²) in [6, 6.07) is 10.2. The average molecular weight is 405 g/mol. The number of non-ortho nitro benzene ring substituents is 1. The summed E-state index contributed by atoms with van der Waals surface area (Å²) in [4.78, 5) is 22.9. The van der Waals surface area contributed by atoms with Crippen molar-refractivity contribution < 1.29 is 22.9 Å². The minimum absolute atomic E-state index is 0.0867. The number of sulfonamides is 1. The molecule has 1 saturated heterocycles. The summed E-state index contributed by atoms with van der Waals surface area (Å²) in [5.41, 5.74) is 0.808. The van der Waals surface area contributed by atoms with Gasteiger partial charge >= 0.3 is 0 Å². The van der Waals surface area contributed by atoms with Crippen molar-refractivity contribution in [2.24, 2.45) is 0 Å². The van der Waals surface area contributed by atoms with E-state index < -0.39 is 20.9 Å². The van der Waals surface area contributed by atoms with Gasteiger partial charge in [-0.05, 0) is 37.1 Å². The van der Waals surface area contributed by atoms with Gasteiger partial charge in [0.15, 0.2) is 0 Å². The third kappa shape index (κ3) is 4.06. The molecule has 0 atom stereocenters. The number of amides is 1. The molecule has 1 aliphatic heterocycles. The maximum absolute atomic E-state index is 12.6. The number of ether oxygens (including phenoxy) is 1. The first-order valence-electron chi connectivity index (χ1n) is 8.56. The molecule has 1 N–H and O–H groups in total. The second-order valence-corrected chi connectivity index (χ2v) is 8.25. The molecule has 9 nitrogen and oxygen atoms in total. The Balaban J connectivity index is 1.85. The molecule has 0 bridgehead atoms. The van der Waals surface area contributed by atoms with Gasteiger partial charge in [0.2, 0.25) is 10.0 Å². The fourth-order valence-electron chi connectivity index (χ4n) is 2.97. The van der Waals surface area contributed by atoms with Crippen LogP contribution in [0.3, 0.4) is 0 Å². The Morgan fingerprint density at radius 2 is 2.00 bits per heavy atom. The summed E-state index contributed by atoms with van der Waals surface area (Å²) in [6.07, 6.45) is 1.38. The van der Waals surface area contributed by atoms with E-state index in [1.165, 1.54) is 35.7 Å². The molecule has 0 unspecified atom stereocenters. The van der Waals surface area contributed by atoms with E-state index in [9.17, 15) is 23.3 Å². The molecule has 1 amide bonds. The lowest BCUT2D eigenvalue weighted by Crippen LogP contribution is -2.37. The van der Waals surface area contributed by atoms with Gasteiger partial charge in [0, 0.05) is 18.2 Å². The summed E-state index contributed by atoms with van der Waals surface area (Å²) in [5, 5.41) is 13.5. The zero-order chi connectivity index (χ0) is 20.3. The van der Waals surface area contributed by atoms with E-state index in [1.807, 2.05) is 0 Å². The number of carbonyl (C=O) groups is 1. The lowest BCUT2D eigenvalue weighted by atomic mass is 10.1. The number of rotatable bonds is 5. The molecule has 10 heteroatoms. The Bertz CT molecular complexity index is 1020. The third-order valence-corrected chi connectivity index (χ3v) is 6.26. The van der Waals surface area contributed by atoms with E-state index in [-0.39, 0.29) is 28.4 Å². The predicted molar refractivity (Wildman–Crippen MR) is 104 cm³/mol. The monoisotopic (exact) mass is 405 g/mol. The highest BCUT2D eigenvalue weighted by Gasteiger charge is 2.26. The SMILES string of the molecule is COc1cc([N+](=O)[O-])ccc1NC(=O)c1cccc(N2CCCCS2(=O)=O)c1. The number of nitro groups is 1. The summed E-state index contributed by atoms with van der Waals surface area (Å²) in [6.45, 7) is 0.379. The second kappa shape index (κ2) is 7.85. The number of nitrogens with one attached hydrogen (secondary N) is 1. The van der Waals surface area contributed by atoms with Crippen molar-refractivity contribution in [3.63, 3.8) is 0 Å². The van der Waals surface area contributed by atoms with Crippen LogP contribution in [0.2, 0.25) is 0 Å². The molecule has 1 heterocycles. The minimum Gasteiger partial charge on any atom is -0.494 e. The number of carbonyl (C=O) groups excluding carboxylic acids is 1. The van der Waals surface area contributed by atoms with Crippen molar-refractivity contribution in [1.29, 1.82) is 0 Å². The Morgan fingerprint density at radius 3 is 2.68 bits per heavy atom. The van der Waals surface area contributed by atoms with E-state index in [0.29, 0.717) is 18.7 Å². The zero-order valence-electron chi connectivity index (χ0n) is 15.1. The fourth-order valence-corrected chi connectivity index (χ4v) is 4.60. The lowest BCUT2D eigenvalue weighted by molar-refractivity contribution is -0.384. The van der Waals surface area contributed by atoms with Crippen LogP contribution in [0.4, 0.5) is 17.1 Å². The van der Waals surface area contributed by atoms with Crippen LogP contribution in [0, 0.1) is 10.1 Å². The van der Waals surface area contributed by atoms with E-state index in [4.69, 9.17) is 4.74 Å². The molecule has 0 spiro atoms. The van der Waals surface area contributed by atoms with Crippen molar-refractivity contribution >= 4 is 33.0 Å². The van der Waals surface area contributed by atoms with Gasteiger partial charge in [0.25, 0.3) is 11.6 Å². The first-order valence-corrected chi connectivity index (χ1v) is 10.2. The van der Waals surface area contributed by atoms with Gasteiger partial charge < -0.3 is 10.1 Å². The van der Waals surface area contributed by atoms with Gasteiger partial charge in [-0.25, -0.2) is 8.42 Å². The smallest absolute Gasteiger partial charge is 0.273 e. The van der Waals surface area contributed by atoms with Gasteiger partial charge in [0.1, 0.15) is 5.75 Å². The number of nitro benzene ring substituents is 1. The number of nitrogens with zero attached hydrogens (tertiary/aromatic N) is 2. The normalized spacial score (nSPS) is 15.7. The summed E-state index contributed by atoms with van der Waals surface area (Å²) in [7, 11) is -2.04. The standard InChI is InChI=1S/C18H19N3O6S/c1-27-17-12-15(21(23)24)7-8-16(17)19-18(22)13-5-4-6-14(11-13)20-9-2-3-10-28(20,25)26/h4-8,11-12H,2-3,9-10H2,1H3,(H,19,22). The molecule has 0 aliphatic carbocycles. The van der Waals surface area contributed by atoms with Crippen LogP contribution < -0.4 is 14.4 Å². The molecule has 3 rings (SSSR count). The van der Waals surface area contributed by atoms with E-state index in [2.05, 4.69) is 5.32 Å². The third-order valence-electron chi connectivity index (χ3n) is 4.39. The molecule has 148 valence electrons. The molecule has 2 aromatic carbocycles. The molecule has 1 aliphatic rings. The van der Waals surface area contributed by atoms with Crippen molar-refractivity contribution in [2.75, 3.05) is 29.0 Å². The molecule has 28 heavy (non-hydrogen) atoms. The van der Waals surface area contributed by atoms with Crippen LogP contribution in [-0.4, -0.2) is 38.7 Å². The topological polar surface area (TPSA) is 119 Å². The van der Waals surface area contributed by atoms with Crippen LogP contribution in [0.5, 0.6) is 5.75 Å². The van der Waals surface area contributed by atoms with Gasteiger partial charge in [-0.1, -0.05) is 6.07 Å². The van der Waals surface area contributed by atoms with Crippen LogP contribution in [0.25, 0.3) is 0 Å². The van der Waals surface area contributed by atoms with E-state index in [0.717, 1.165) is 6.42 Å². The molecule has 0 saturated carbocycles. The first-order chi connectivity index (χ1) is 13.3. The van der Waals surface area contributed by atoms with Gasteiger partial charge in [-0.2, -0.15) is 0 Å². The first kappa shape index (κ1) is 19.6. The molecule has 2 aromatic rings. The highest BCUT2D eigenvalue weighted by atomic mass is 32.2. The van der Waals surface area contributed by atoms with Crippen LogP contribution in [0.1, 0.15) is 23.2 Å². The number of hydrogen-bond acceptors (Lipinski definition) is 6. The fraction of sp³-hybridized carbons (Fsp3) is 0.278. The number of anilines is 2. The average Bonchev–Trinajstić information content (AvgIpc) is 2.67. The molecular formula is C18H19N3O6S. The largest absolute Gasteiger partial charge is 0.494 e. The quantitative estimate of drug-likeness (QED) is 0.603. The van der Waals surface area contributed by atoms with Gasteiger partial charge in [-0.3, -0.25) is 19.2 Å². The van der Waals surface area contributed by atoms with E-state index >= 15 is 0 Å². The Kier molecular flexibility index (Phi) is 5.50. The maximum Gasteiger partial charge on any atom is 0.273 e. The highest BCUT2D eigenvalue weighted by Crippen LogP contribution is 2.30. The summed E-state index contributed by atoms with van der Waals surface area (Å²) in [5.74, 6) is -0.246. The van der Waals surface area contributed by atoms with Crippen LogP contribution in [0.15, 0.2) is 42.5 Å². The number of hydrogen-bond donors (Lipinski definition) is 1. The molecule has 1 fully saturated rings.